The fraction of sp³-hybridized carbons (Fsp3) is 0.353. The predicted octanol–water partition coefficient (Wildman–Crippen LogP) is 4.51. The first-order valence-electron chi connectivity index (χ1n) is 14.6. The van der Waals surface area contributed by atoms with E-state index in [4.69, 9.17) is 9.47 Å². The molecule has 3 aromatic carbocycles. The predicted molar refractivity (Wildman–Crippen MR) is 162 cm³/mol. The SMILES string of the molecule is CC[C@@H](C=O)NC(=O)[C@@H]1C[C@@H](OCc2ccccc2)CN1C(=O)[C@@H](NC(=O)c1cccc(Oc2ccccc2)c1)C(C)C. The molecule has 43 heavy (non-hydrogen) atoms. The highest BCUT2D eigenvalue weighted by Gasteiger charge is 2.43. The molecule has 0 unspecified atom stereocenters. The van der Waals surface area contributed by atoms with E-state index in [0.717, 1.165) is 5.56 Å². The molecule has 1 saturated heterocycles. The average molecular weight is 586 g/mol. The van der Waals surface area contributed by atoms with E-state index in [1.54, 1.807) is 31.2 Å². The lowest BCUT2D eigenvalue weighted by Crippen LogP contribution is -2.56. The van der Waals surface area contributed by atoms with Crippen molar-refractivity contribution in [2.75, 3.05) is 6.54 Å². The molecular formula is C34H39N3O6. The minimum atomic E-state index is -0.901. The Morgan fingerprint density at radius 1 is 0.930 bits per heavy atom. The maximum atomic E-state index is 14.0. The second-order valence-corrected chi connectivity index (χ2v) is 11.0. The van der Waals surface area contributed by atoms with Gasteiger partial charge in [-0.25, -0.2) is 0 Å². The summed E-state index contributed by atoms with van der Waals surface area (Å²) in [5, 5.41) is 5.62. The van der Waals surface area contributed by atoms with Crippen molar-refractivity contribution in [1.82, 2.24) is 15.5 Å². The second-order valence-electron chi connectivity index (χ2n) is 11.0. The van der Waals surface area contributed by atoms with Gasteiger partial charge in [0.25, 0.3) is 5.91 Å². The van der Waals surface area contributed by atoms with Crippen molar-refractivity contribution in [3.8, 4) is 11.5 Å². The quantitative estimate of drug-likeness (QED) is 0.285. The average Bonchev–Trinajstić information content (AvgIpc) is 3.46. The first kappa shape index (κ1) is 31.4. The van der Waals surface area contributed by atoms with Crippen molar-refractivity contribution in [3.63, 3.8) is 0 Å². The van der Waals surface area contributed by atoms with Crippen LogP contribution in [0.4, 0.5) is 0 Å². The molecule has 1 heterocycles. The molecule has 226 valence electrons. The number of nitrogens with one attached hydrogen (secondary N) is 2. The molecule has 0 saturated carbocycles. The number of nitrogens with zero attached hydrogens (tertiary/aromatic N) is 1. The number of para-hydroxylation sites is 1. The highest BCUT2D eigenvalue weighted by molar-refractivity contribution is 5.99. The minimum absolute atomic E-state index is 0.182. The Morgan fingerprint density at radius 2 is 1.60 bits per heavy atom. The summed E-state index contributed by atoms with van der Waals surface area (Å²) in [4.78, 5) is 53.6. The number of ether oxygens (including phenoxy) is 2. The van der Waals surface area contributed by atoms with Gasteiger partial charge in [-0.05, 0) is 48.2 Å². The molecule has 9 heteroatoms. The van der Waals surface area contributed by atoms with Gasteiger partial charge < -0.3 is 29.8 Å². The molecule has 3 aromatic rings. The molecule has 1 aliphatic heterocycles. The third-order valence-corrected chi connectivity index (χ3v) is 7.40. The van der Waals surface area contributed by atoms with Gasteiger partial charge in [0.2, 0.25) is 11.8 Å². The summed E-state index contributed by atoms with van der Waals surface area (Å²) in [6.07, 6.45) is 1.00. The van der Waals surface area contributed by atoms with Gasteiger partial charge in [0, 0.05) is 18.5 Å². The van der Waals surface area contributed by atoms with Crippen LogP contribution in [0, 0.1) is 5.92 Å². The first-order valence-corrected chi connectivity index (χ1v) is 14.6. The molecule has 4 rings (SSSR count). The topological polar surface area (TPSA) is 114 Å². The summed E-state index contributed by atoms with van der Waals surface area (Å²) in [5.74, 6) is -0.386. The highest BCUT2D eigenvalue weighted by Crippen LogP contribution is 2.25. The van der Waals surface area contributed by atoms with Crippen molar-refractivity contribution >= 4 is 24.0 Å². The molecule has 1 fully saturated rings. The summed E-state index contributed by atoms with van der Waals surface area (Å²) >= 11 is 0. The fourth-order valence-electron chi connectivity index (χ4n) is 4.95. The normalized spacial score (nSPS) is 17.6. The number of carbonyl (C=O) groups excluding carboxylic acids is 4. The van der Waals surface area contributed by atoms with E-state index in [9.17, 15) is 19.2 Å². The van der Waals surface area contributed by atoms with Crippen LogP contribution in [-0.4, -0.2) is 59.7 Å². The first-order chi connectivity index (χ1) is 20.8. The van der Waals surface area contributed by atoms with Crippen LogP contribution in [0.15, 0.2) is 84.9 Å². The smallest absolute Gasteiger partial charge is 0.252 e. The summed E-state index contributed by atoms with van der Waals surface area (Å²) in [7, 11) is 0. The standard InChI is InChI=1S/C34H39N3O6/c1-4-26(21-38)35-33(40)30-19-29(42-22-24-12-7-5-8-13-24)20-37(30)34(41)31(23(2)3)36-32(39)25-14-11-17-28(18-25)43-27-15-9-6-10-16-27/h5-18,21,23,26,29-31H,4,19-20,22H2,1-3H3,(H,35,40)(H,36,39)/t26-,29+,30-,31-/m0/s1. The summed E-state index contributed by atoms with van der Waals surface area (Å²) in [6.45, 7) is 5.99. The summed E-state index contributed by atoms with van der Waals surface area (Å²) in [6, 6.07) is 23.2. The number of carbonyl (C=O) groups is 4. The third kappa shape index (κ3) is 8.51. The Balaban J connectivity index is 1.50. The number of hydrogen-bond donors (Lipinski definition) is 2. The Bertz CT molecular complexity index is 1380. The van der Waals surface area contributed by atoms with Crippen LogP contribution in [-0.2, 0) is 25.7 Å². The number of rotatable bonds is 13. The number of amides is 3. The minimum Gasteiger partial charge on any atom is -0.457 e. The van der Waals surface area contributed by atoms with Gasteiger partial charge in [-0.15, -0.1) is 0 Å². The number of benzene rings is 3. The maximum absolute atomic E-state index is 14.0. The molecule has 0 radical (unpaired) electrons. The summed E-state index contributed by atoms with van der Waals surface area (Å²) in [5.41, 5.74) is 1.31. The van der Waals surface area contributed by atoms with Gasteiger partial charge >= 0.3 is 0 Å². The van der Waals surface area contributed by atoms with Gasteiger partial charge in [0.05, 0.1) is 18.8 Å². The molecule has 0 spiro atoms. The van der Waals surface area contributed by atoms with E-state index in [-0.39, 0.29) is 24.8 Å². The zero-order chi connectivity index (χ0) is 30.8. The van der Waals surface area contributed by atoms with Crippen LogP contribution in [0.5, 0.6) is 11.5 Å². The third-order valence-electron chi connectivity index (χ3n) is 7.40. The molecule has 1 aliphatic rings. The zero-order valence-electron chi connectivity index (χ0n) is 24.8. The van der Waals surface area contributed by atoms with Crippen LogP contribution in [0.1, 0.15) is 49.5 Å². The van der Waals surface area contributed by atoms with Crippen molar-refractivity contribution in [3.05, 3.63) is 96.1 Å². The molecule has 4 atom stereocenters. The molecular weight excluding hydrogens is 546 g/mol. The lowest BCUT2D eigenvalue weighted by Gasteiger charge is -2.30. The van der Waals surface area contributed by atoms with E-state index in [2.05, 4.69) is 10.6 Å². The van der Waals surface area contributed by atoms with E-state index in [1.165, 1.54) is 4.90 Å². The van der Waals surface area contributed by atoms with Crippen LogP contribution < -0.4 is 15.4 Å². The van der Waals surface area contributed by atoms with E-state index >= 15 is 0 Å². The Morgan fingerprint density at radius 3 is 2.26 bits per heavy atom. The lowest BCUT2D eigenvalue weighted by atomic mass is 10.0. The van der Waals surface area contributed by atoms with Gasteiger partial charge in [-0.3, -0.25) is 14.4 Å². The molecule has 9 nitrogen and oxygen atoms in total. The monoisotopic (exact) mass is 585 g/mol. The van der Waals surface area contributed by atoms with Crippen LogP contribution in [0.2, 0.25) is 0 Å². The van der Waals surface area contributed by atoms with Gasteiger partial charge in [0.15, 0.2) is 0 Å². The van der Waals surface area contributed by atoms with Crippen molar-refractivity contribution < 1.29 is 28.7 Å². The van der Waals surface area contributed by atoms with Crippen LogP contribution in [0.3, 0.4) is 0 Å². The molecule has 0 bridgehead atoms. The fourth-order valence-corrected chi connectivity index (χ4v) is 4.95. The van der Waals surface area contributed by atoms with Crippen LogP contribution >= 0.6 is 0 Å². The summed E-state index contributed by atoms with van der Waals surface area (Å²) < 4.78 is 12.0. The second kappa shape index (κ2) is 15.1. The van der Waals surface area contributed by atoms with Crippen molar-refractivity contribution in [2.24, 2.45) is 5.92 Å². The van der Waals surface area contributed by atoms with Gasteiger partial charge in [0.1, 0.15) is 29.9 Å². The highest BCUT2D eigenvalue weighted by atomic mass is 16.5. The molecule has 3 amide bonds. The van der Waals surface area contributed by atoms with Crippen molar-refractivity contribution in [2.45, 2.75) is 64.4 Å². The molecule has 0 aliphatic carbocycles. The van der Waals surface area contributed by atoms with E-state index in [0.29, 0.717) is 36.4 Å². The maximum Gasteiger partial charge on any atom is 0.252 e. The zero-order valence-corrected chi connectivity index (χ0v) is 24.8. The van der Waals surface area contributed by atoms with E-state index in [1.807, 2.05) is 74.5 Å². The van der Waals surface area contributed by atoms with Gasteiger partial charge in [-0.2, -0.15) is 0 Å². The van der Waals surface area contributed by atoms with E-state index < -0.39 is 36.0 Å². The largest absolute Gasteiger partial charge is 0.457 e. The molecule has 0 aromatic heterocycles. The number of likely N-dealkylation sites (tertiary alicyclic amines) is 1. The van der Waals surface area contributed by atoms with Crippen LogP contribution in [0.25, 0.3) is 0 Å². The Hall–Kier alpha value is -4.50. The Kier molecular flexibility index (Phi) is 11.0. The van der Waals surface area contributed by atoms with Gasteiger partial charge in [-0.1, -0.05) is 75.4 Å². The van der Waals surface area contributed by atoms with Crippen molar-refractivity contribution in [1.29, 1.82) is 0 Å². The number of aldehydes is 1. The Labute approximate surface area is 252 Å². The molecule has 2 N–H and O–H groups in total. The number of hydrogen-bond acceptors (Lipinski definition) is 6. The lowest BCUT2D eigenvalue weighted by molar-refractivity contribution is -0.141.